The van der Waals surface area contributed by atoms with Crippen LogP contribution in [-0.4, -0.2) is 17.4 Å². The summed E-state index contributed by atoms with van der Waals surface area (Å²) in [7, 11) is 0. The molecule has 5 nitrogen and oxygen atoms in total. The van der Waals surface area contributed by atoms with Crippen LogP contribution >= 0.6 is 0 Å². The lowest BCUT2D eigenvalue weighted by Crippen LogP contribution is -2.27. The highest BCUT2D eigenvalue weighted by atomic mass is 16.2. The molecule has 0 atom stereocenters. The van der Waals surface area contributed by atoms with Crippen LogP contribution in [0, 0.1) is 22.7 Å². The Bertz CT molecular complexity index is 798. The van der Waals surface area contributed by atoms with Crippen LogP contribution in [0.4, 0.5) is 11.4 Å². The van der Waals surface area contributed by atoms with Crippen LogP contribution in [0.3, 0.4) is 0 Å². The number of rotatable bonds is 5. The number of nitriles is 2. The summed E-state index contributed by atoms with van der Waals surface area (Å²) in [6, 6.07) is 16.8. The number of nitrogens with one attached hydrogen (secondary N) is 1. The highest BCUT2D eigenvalue weighted by Gasteiger charge is 2.10. The molecule has 2 aromatic rings. The van der Waals surface area contributed by atoms with Crippen LogP contribution in [0.15, 0.2) is 42.5 Å². The molecule has 2 rings (SSSR count). The number of carbonyl (C=O) groups is 1. The van der Waals surface area contributed by atoms with Crippen LogP contribution in [0.5, 0.6) is 0 Å². The minimum absolute atomic E-state index is 0.0254. The Morgan fingerprint density at radius 3 is 2.29 bits per heavy atom. The summed E-state index contributed by atoms with van der Waals surface area (Å²) in [6.07, 6.45) is 0. The number of para-hydroxylation sites is 1. The van der Waals surface area contributed by atoms with Crippen LogP contribution < -0.4 is 5.32 Å². The normalized spacial score (nSPS) is 9.67. The fourth-order valence-electron chi connectivity index (χ4n) is 2.43. The molecule has 0 heterocycles. The molecule has 0 saturated heterocycles. The van der Waals surface area contributed by atoms with Crippen molar-refractivity contribution >= 4 is 17.3 Å². The number of amides is 1. The van der Waals surface area contributed by atoms with Gasteiger partial charge in [-0.15, -0.1) is 0 Å². The molecule has 2 aromatic carbocycles. The van der Waals surface area contributed by atoms with E-state index in [4.69, 9.17) is 0 Å². The Balaban J connectivity index is 2.30. The molecular formula is C19H18N4O. The monoisotopic (exact) mass is 318 g/mol. The van der Waals surface area contributed by atoms with Gasteiger partial charge in [-0.25, -0.2) is 0 Å². The van der Waals surface area contributed by atoms with Crippen LogP contribution in [0.1, 0.15) is 30.5 Å². The number of nitrogens with zero attached hydrogens (tertiary/aromatic N) is 3. The molecule has 1 amide bonds. The molecule has 0 bridgehead atoms. The molecule has 0 saturated carbocycles. The van der Waals surface area contributed by atoms with Crippen molar-refractivity contribution in [2.45, 2.75) is 20.4 Å². The Labute approximate surface area is 141 Å². The van der Waals surface area contributed by atoms with Crippen molar-refractivity contribution in [2.75, 3.05) is 11.9 Å². The molecule has 5 heteroatoms. The zero-order valence-corrected chi connectivity index (χ0v) is 13.7. The van der Waals surface area contributed by atoms with Crippen molar-refractivity contribution in [3.8, 4) is 12.1 Å². The van der Waals surface area contributed by atoms with Gasteiger partial charge in [0.1, 0.15) is 12.1 Å². The van der Waals surface area contributed by atoms with E-state index < -0.39 is 0 Å². The van der Waals surface area contributed by atoms with Crippen LogP contribution in [0.2, 0.25) is 0 Å². The molecule has 0 fully saturated rings. The Morgan fingerprint density at radius 2 is 1.75 bits per heavy atom. The third-order valence-electron chi connectivity index (χ3n) is 3.70. The number of carbonyl (C=O) groups excluding carboxylic acids is 1. The van der Waals surface area contributed by atoms with Gasteiger partial charge in [-0.05, 0) is 36.8 Å². The smallest absolute Gasteiger partial charge is 0.219 e. The van der Waals surface area contributed by atoms with Gasteiger partial charge in [-0.3, -0.25) is 4.79 Å². The molecule has 0 spiro atoms. The maximum Gasteiger partial charge on any atom is 0.219 e. The molecule has 0 aromatic heterocycles. The van der Waals surface area contributed by atoms with E-state index in [1.165, 1.54) is 0 Å². The highest BCUT2D eigenvalue weighted by Crippen LogP contribution is 2.25. The van der Waals surface area contributed by atoms with Gasteiger partial charge in [0.05, 0.1) is 16.8 Å². The van der Waals surface area contributed by atoms with E-state index in [0.29, 0.717) is 29.9 Å². The van der Waals surface area contributed by atoms with Gasteiger partial charge in [-0.1, -0.05) is 18.2 Å². The van der Waals surface area contributed by atoms with Gasteiger partial charge >= 0.3 is 0 Å². The van der Waals surface area contributed by atoms with Crippen molar-refractivity contribution in [3.05, 3.63) is 59.2 Å². The largest absolute Gasteiger partial charge is 0.353 e. The first-order valence-electron chi connectivity index (χ1n) is 7.63. The Kier molecular flexibility index (Phi) is 5.54. The first-order chi connectivity index (χ1) is 11.6. The number of benzene rings is 2. The maximum atomic E-state index is 11.6. The topological polar surface area (TPSA) is 79.9 Å². The predicted octanol–water partition coefficient (Wildman–Crippen LogP) is 3.54. The number of hydrogen-bond acceptors (Lipinski definition) is 4. The third kappa shape index (κ3) is 3.91. The quantitative estimate of drug-likeness (QED) is 0.914. The minimum Gasteiger partial charge on any atom is -0.353 e. The maximum absolute atomic E-state index is 11.6. The summed E-state index contributed by atoms with van der Waals surface area (Å²) in [5.41, 5.74) is 3.08. The molecule has 0 aliphatic rings. The van der Waals surface area contributed by atoms with E-state index in [9.17, 15) is 15.3 Å². The summed E-state index contributed by atoms with van der Waals surface area (Å²) >= 11 is 0. The van der Waals surface area contributed by atoms with Crippen molar-refractivity contribution in [1.82, 2.24) is 4.90 Å². The van der Waals surface area contributed by atoms with Crippen molar-refractivity contribution in [3.63, 3.8) is 0 Å². The van der Waals surface area contributed by atoms with Gasteiger partial charge in [0, 0.05) is 25.7 Å². The Hall–Kier alpha value is -3.31. The lowest BCUT2D eigenvalue weighted by Gasteiger charge is -2.19. The predicted molar refractivity (Wildman–Crippen MR) is 92.4 cm³/mol. The van der Waals surface area contributed by atoms with E-state index in [-0.39, 0.29) is 5.91 Å². The summed E-state index contributed by atoms with van der Waals surface area (Å²) in [5.74, 6) is 0.0254. The van der Waals surface area contributed by atoms with Gasteiger partial charge < -0.3 is 10.2 Å². The summed E-state index contributed by atoms with van der Waals surface area (Å²) < 4.78 is 0. The summed E-state index contributed by atoms with van der Waals surface area (Å²) in [5, 5.41) is 21.6. The van der Waals surface area contributed by atoms with E-state index in [1.54, 1.807) is 30.0 Å². The third-order valence-corrected chi connectivity index (χ3v) is 3.70. The average Bonchev–Trinajstić information content (AvgIpc) is 2.60. The molecule has 0 aliphatic heterocycles. The molecule has 120 valence electrons. The van der Waals surface area contributed by atoms with Gasteiger partial charge in [0.25, 0.3) is 0 Å². The first kappa shape index (κ1) is 17.1. The van der Waals surface area contributed by atoms with E-state index in [2.05, 4.69) is 17.5 Å². The first-order valence-corrected chi connectivity index (χ1v) is 7.63. The zero-order chi connectivity index (χ0) is 17.5. The SMILES string of the molecule is CCN(Cc1cccc(Nc2c(C#N)cccc2C#N)c1)C(C)=O. The van der Waals surface area contributed by atoms with Crippen molar-refractivity contribution < 1.29 is 4.79 Å². The van der Waals surface area contributed by atoms with Crippen molar-refractivity contribution in [1.29, 1.82) is 10.5 Å². The van der Waals surface area contributed by atoms with Crippen LogP contribution in [-0.2, 0) is 11.3 Å². The summed E-state index contributed by atoms with van der Waals surface area (Å²) in [4.78, 5) is 13.3. The van der Waals surface area contributed by atoms with E-state index in [0.717, 1.165) is 11.3 Å². The minimum atomic E-state index is 0.0254. The summed E-state index contributed by atoms with van der Waals surface area (Å²) in [6.45, 7) is 4.65. The van der Waals surface area contributed by atoms with Gasteiger partial charge in [-0.2, -0.15) is 10.5 Å². The molecule has 0 aliphatic carbocycles. The van der Waals surface area contributed by atoms with Crippen LogP contribution in [0.25, 0.3) is 0 Å². The highest BCUT2D eigenvalue weighted by molar-refractivity contribution is 5.74. The van der Waals surface area contributed by atoms with Gasteiger partial charge in [0.2, 0.25) is 5.91 Å². The standard InChI is InChI=1S/C19H18N4O/c1-3-23(14(2)24)13-15-6-4-9-18(10-15)22-19-16(11-20)7-5-8-17(19)12-21/h4-10,22H,3,13H2,1-2H3. The molecule has 1 N–H and O–H groups in total. The second-order valence-corrected chi connectivity index (χ2v) is 5.31. The molecule has 0 unspecified atom stereocenters. The molecule has 0 radical (unpaired) electrons. The van der Waals surface area contributed by atoms with Gasteiger partial charge in [0.15, 0.2) is 0 Å². The van der Waals surface area contributed by atoms with E-state index >= 15 is 0 Å². The Morgan fingerprint density at radius 1 is 1.12 bits per heavy atom. The fraction of sp³-hybridized carbons (Fsp3) is 0.211. The van der Waals surface area contributed by atoms with Crippen molar-refractivity contribution in [2.24, 2.45) is 0 Å². The lowest BCUT2D eigenvalue weighted by molar-refractivity contribution is -0.129. The molecular weight excluding hydrogens is 300 g/mol. The lowest BCUT2D eigenvalue weighted by atomic mass is 10.1. The van der Waals surface area contributed by atoms with E-state index in [1.807, 2.05) is 31.2 Å². The average molecular weight is 318 g/mol. The number of hydrogen-bond donors (Lipinski definition) is 1. The second-order valence-electron chi connectivity index (χ2n) is 5.31. The molecule has 24 heavy (non-hydrogen) atoms. The fourth-order valence-corrected chi connectivity index (χ4v) is 2.43. The zero-order valence-electron chi connectivity index (χ0n) is 13.7. The number of anilines is 2. The second kappa shape index (κ2) is 7.80.